The van der Waals surface area contributed by atoms with Crippen molar-refractivity contribution >= 4 is 45.8 Å². The maximum atomic E-state index is 10.1. The van der Waals surface area contributed by atoms with Crippen LogP contribution in [0.2, 0.25) is 0 Å². The van der Waals surface area contributed by atoms with E-state index in [-0.39, 0.29) is 7.05 Å². The van der Waals surface area contributed by atoms with Crippen molar-refractivity contribution in [1.29, 1.82) is 5.26 Å². The quantitative estimate of drug-likeness (QED) is 0.213. The van der Waals surface area contributed by atoms with Gasteiger partial charge in [-0.1, -0.05) is 60.7 Å². The highest BCUT2D eigenvalue weighted by Gasteiger charge is 2.44. The first-order valence-electron chi connectivity index (χ1n) is 14.0. The molecule has 0 aliphatic carbocycles. The largest absolute Gasteiger partial charge is 0.536 e. The van der Waals surface area contributed by atoms with Gasteiger partial charge in [-0.25, -0.2) is 4.98 Å². The molecule has 42 heavy (non-hydrogen) atoms. The van der Waals surface area contributed by atoms with E-state index in [4.69, 9.17) is 9.64 Å². The fourth-order valence-electron chi connectivity index (χ4n) is 6.64. The van der Waals surface area contributed by atoms with Crippen LogP contribution < -0.4 is 14.9 Å². The third kappa shape index (κ3) is 3.16. The topological polar surface area (TPSA) is 54.1 Å². The van der Waals surface area contributed by atoms with Crippen molar-refractivity contribution in [1.82, 2.24) is 9.55 Å². The summed E-state index contributed by atoms with van der Waals surface area (Å²) in [5.41, 5.74) is 11.1. The van der Waals surface area contributed by atoms with Gasteiger partial charge >= 0.3 is 7.05 Å². The summed E-state index contributed by atoms with van der Waals surface area (Å²) in [6.45, 7) is 0. The minimum Gasteiger partial charge on any atom is -0.536 e. The molecule has 0 saturated carbocycles. The molecule has 0 N–H and O–H groups in total. The number of nitrogens with zero attached hydrogens (tertiary/aromatic N) is 4. The van der Waals surface area contributed by atoms with Crippen LogP contribution in [-0.2, 0) is 0 Å². The molecule has 6 heteroatoms. The Kier molecular flexibility index (Phi) is 4.70. The summed E-state index contributed by atoms with van der Waals surface area (Å²) in [4.78, 5) is 7.03. The normalized spacial score (nSPS) is 12.8. The highest BCUT2D eigenvalue weighted by molar-refractivity contribution is 6.77. The van der Waals surface area contributed by atoms with Crippen molar-refractivity contribution in [3.05, 3.63) is 133 Å². The van der Waals surface area contributed by atoms with Gasteiger partial charge in [0.2, 0.25) is 0 Å². The van der Waals surface area contributed by atoms with E-state index in [1.165, 1.54) is 0 Å². The Morgan fingerprint density at radius 1 is 0.690 bits per heavy atom. The lowest BCUT2D eigenvalue weighted by molar-refractivity contribution is 0.603. The molecular weight excluding hydrogens is 515 g/mol. The van der Waals surface area contributed by atoms with Gasteiger partial charge < -0.3 is 9.47 Å². The molecule has 5 aromatic carbocycles. The number of hydrogen-bond donors (Lipinski definition) is 0. The van der Waals surface area contributed by atoms with E-state index in [0.29, 0.717) is 5.56 Å². The second-order valence-electron chi connectivity index (χ2n) is 10.7. The molecule has 0 saturated heterocycles. The van der Waals surface area contributed by atoms with Gasteiger partial charge in [0.1, 0.15) is 11.4 Å². The van der Waals surface area contributed by atoms with Crippen LogP contribution in [-0.4, -0.2) is 16.6 Å². The number of para-hydroxylation sites is 4. The molecule has 194 valence electrons. The molecule has 0 unspecified atom stereocenters. The fourth-order valence-corrected chi connectivity index (χ4v) is 6.64. The minimum absolute atomic E-state index is 0.231. The molecule has 0 radical (unpaired) electrons. The van der Waals surface area contributed by atoms with E-state index in [1.54, 1.807) is 0 Å². The van der Waals surface area contributed by atoms with Crippen LogP contribution >= 0.6 is 0 Å². The Balaban J connectivity index is 1.24. The van der Waals surface area contributed by atoms with Crippen LogP contribution in [0.5, 0.6) is 5.75 Å². The van der Waals surface area contributed by atoms with Crippen molar-refractivity contribution in [2.75, 3.05) is 4.81 Å². The lowest BCUT2D eigenvalue weighted by Crippen LogP contribution is -2.50. The number of fused-ring (bicyclic) bond motifs is 11. The minimum atomic E-state index is -0.231. The summed E-state index contributed by atoms with van der Waals surface area (Å²) >= 11 is 0. The first kappa shape index (κ1) is 23.0. The summed E-state index contributed by atoms with van der Waals surface area (Å²) < 4.78 is 8.66. The summed E-state index contributed by atoms with van der Waals surface area (Å²) in [5, 5.41) is 12.3. The zero-order valence-electron chi connectivity index (χ0n) is 22.4. The Morgan fingerprint density at radius 3 is 2.43 bits per heavy atom. The van der Waals surface area contributed by atoms with Gasteiger partial charge in [-0.3, -0.25) is 4.57 Å². The van der Waals surface area contributed by atoms with Crippen molar-refractivity contribution in [3.63, 3.8) is 0 Å². The zero-order valence-corrected chi connectivity index (χ0v) is 22.4. The van der Waals surface area contributed by atoms with Gasteiger partial charge in [-0.15, -0.1) is 0 Å². The zero-order chi connectivity index (χ0) is 27.8. The van der Waals surface area contributed by atoms with E-state index < -0.39 is 0 Å². The fraction of sp³-hybridized carbons (Fsp3) is 0. The summed E-state index contributed by atoms with van der Waals surface area (Å²) in [5.74, 6) is 0.889. The number of anilines is 2. The predicted octanol–water partition coefficient (Wildman–Crippen LogP) is 7.62. The van der Waals surface area contributed by atoms with Crippen LogP contribution in [0.1, 0.15) is 5.56 Å². The van der Waals surface area contributed by atoms with E-state index in [1.807, 2.05) is 42.6 Å². The second-order valence-corrected chi connectivity index (χ2v) is 10.7. The van der Waals surface area contributed by atoms with Crippen LogP contribution in [0.25, 0.3) is 49.9 Å². The maximum absolute atomic E-state index is 10.1. The first-order valence-corrected chi connectivity index (χ1v) is 14.0. The van der Waals surface area contributed by atoms with E-state index in [0.717, 1.165) is 72.5 Å². The van der Waals surface area contributed by atoms with Gasteiger partial charge in [0, 0.05) is 33.9 Å². The average Bonchev–Trinajstić information content (AvgIpc) is 3.61. The smallest absolute Gasteiger partial charge is 0.524 e. The summed E-state index contributed by atoms with van der Waals surface area (Å²) in [7, 11) is -0.231. The lowest BCUT2D eigenvalue weighted by Gasteiger charge is -2.31. The van der Waals surface area contributed by atoms with Gasteiger partial charge in [0.05, 0.1) is 22.8 Å². The molecule has 7 aromatic rings. The Labute approximate surface area is 242 Å². The number of aromatic nitrogens is 2. The van der Waals surface area contributed by atoms with Crippen molar-refractivity contribution < 1.29 is 4.65 Å². The molecule has 2 aromatic heterocycles. The van der Waals surface area contributed by atoms with Crippen molar-refractivity contribution in [2.24, 2.45) is 0 Å². The van der Waals surface area contributed by atoms with E-state index >= 15 is 0 Å². The van der Waals surface area contributed by atoms with E-state index in [2.05, 4.69) is 100 Å². The predicted molar refractivity (Wildman–Crippen MR) is 169 cm³/mol. The average molecular weight is 536 g/mol. The number of benzene rings is 5. The van der Waals surface area contributed by atoms with Crippen LogP contribution in [0.4, 0.5) is 11.4 Å². The Hall–Kier alpha value is -5.80. The van der Waals surface area contributed by atoms with Crippen molar-refractivity contribution in [3.8, 4) is 39.8 Å². The second kappa shape index (κ2) is 8.60. The molecule has 0 atom stereocenters. The molecule has 9 rings (SSSR count). The number of pyridine rings is 1. The lowest BCUT2D eigenvalue weighted by atomic mass is 9.64. The number of nitriles is 1. The number of hydrogen-bond acceptors (Lipinski definition) is 4. The van der Waals surface area contributed by atoms with Gasteiger partial charge in [0.15, 0.2) is 0 Å². The molecule has 2 aliphatic heterocycles. The molecule has 5 nitrogen and oxygen atoms in total. The molecule has 0 spiro atoms. The molecule has 0 fully saturated rings. The van der Waals surface area contributed by atoms with Gasteiger partial charge in [-0.05, 0) is 82.8 Å². The Bertz CT molecular complexity index is 2230. The Morgan fingerprint density at radius 2 is 1.50 bits per heavy atom. The van der Waals surface area contributed by atoms with Crippen LogP contribution in [0, 0.1) is 11.3 Å². The highest BCUT2D eigenvalue weighted by Crippen LogP contribution is 2.47. The number of rotatable bonds is 2. The first-order chi connectivity index (χ1) is 20.8. The molecule has 2 aliphatic rings. The molecule has 4 heterocycles. The summed E-state index contributed by atoms with van der Waals surface area (Å²) in [6, 6.07) is 44.1. The molecule has 0 amide bonds. The van der Waals surface area contributed by atoms with Crippen LogP contribution in [0.3, 0.4) is 0 Å². The standard InChI is InChI=1S/C36H21BN4O/c38-22-23-18-25(20-26(19-23)40-32-11-3-1-8-27(32)29-10-7-17-39-36(29)40)24-15-16-31-30(21-24)28-9-2-4-12-33(28)41-34-13-5-6-14-35(34)42-37(31)41/h1-21H. The van der Waals surface area contributed by atoms with E-state index in [9.17, 15) is 5.26 Å². The monoisotopic (exact) mass is 536 g/mol. The van der Waals surface area contributed by atoms with Gasteiger partial charge in [0.25, 0.3) is 0 Å². The highest BCUT2D eigenvalue weighted by atomic mass is 16.5. The van der Waals surface area contributed by atoms with Crippen molar-refractivity contribution in [2.45, 2.75) is 0 Å². The SMILES string of the molecule is N#Cc1cc(-c2ccc3c(c2)-c2ccccc2N2B3Oc3ccccc32)cc(-n2c3ccccc3c3cccnc32)c1. The maximum Gasteiger partial charge on any atom is 0.524 e. The molecular formula is C36H21BN4O. The van der Waals surface area contributed by atoms with Gasteiger partial charge in [-0.2, -0.15) is 5.26 Å². The third-order valence-electron chi connectivity index (χ3n) is 8.44. The third-order valence-corrected chi connectivity index (χ3v) is 8.44. The van der Waals surface area contributed by atoms with Crippen LogP contribution in [0.15, 0.2) is 128 Å². The summed E-state index contributed by atoms with van der Waals surface area (Å²) in [6.07, 6.45) is 1.82. The molecule has 0 bridgehead atoms.